The monoisotopic (exact) mass is 161 g/mol. The van der Waals surface area contributed by atoms with E-state index >= 15 is 0 Å². The summed E-state index contributed by atoms with van der Waals surface area (Å²) < 4.78 is 0. The van der Waals surface area contributed by atoms with Gasteiger partial charge in [-0.15, -0.1) is 0 Å². The first-order valence-electron chi connectivity index (χ1n) is 4.70. The Morgan fingerprint density at radius 1 is 1.42 bits per heavy atom. The minimum atomic E-state index is 0.567. The molecule has 1 N–H and O–H groups in total. The van der Waals surface area contributed by atoms with Crippen LogP contribution in [0.25, 0.3) is 0 Å². The maximum Gasteiger partial charge on any atom is 0.0287 e. The van der Waals surface area contributed by atoms with Crippen molar-refractivity contribution in [3.05, 3.63) is 36.0 Å². The summed E-state index contributed by atoms with van der Waals surface area (Å²) in [5.41, 5.74) is 1.48. The Bertz CT molecular complexity index is 242. The number of hydrogen-bond donors (Lipinski definition) is 1. The summed E-state index contributed by atoms with van der Waals surface area (Å²) in [6.45, 7) is 3.20. The fourth-order valence-corrected chi connectivity index (χ4v) is 1.58. The molecular formula is C11H15N. The van der Waals surface area contributed by atoms with Crippen LogP contribution < -0.4 is 5.32 Å². The summed E-state index contributed by atoms with van der Waals surface area (Å²) in [6.07, 6.45) is 12.5. The molecule has 0 heterocycles. The van der Waals surface area contributed by atoms with E-state index < -0.39 is 0 Å². The van der Waals surface area contributed by atoms with Crippen LogP contribution in [0.1, 0.15) is 13.3 Å². The van der Waals surface area contributed by atoms with Crippen molar-refractivity contribution in [2.75, 3.05) is 6.54 Å². The van der Waals surface area contributed by atoms with Crippen molar-refractivity contribution in [2.45, 2.75) is 19.4 Å². The molecule has 1 atom stereocenters. The third kappa shape index (κ3) is 1.67. The molecule has 0 bridgehead atoms. The molecule has 0 saturated heterocycles. The molecule has 64 valence electrons. The molecule has 0 aromatic carbocycles. The van der Waals surface area contributed by atoms with E-state index in [0.717, 1.165) is 13.0 Å². The van der Waals surface area contributed by atoms with Crippen molar-refractivity contribution < 1.29 is 0 Å². The SMILES string of the molecule is CCNC1C=CC(C2C=C2)=CC1. The molecule has 0 aliphatic heterocycles. The first kappa shape index (κ1) is 7.81. The van der Waals surface area contributed by atoms with Gasteiger partial charge in [-0.1, -0.05) is 37.3 Å². The summed E-state index contributed by atoms with van der Waals surface area (Å²) in [5.74, 6) is 0.670. The smallest absolute Gasteiger partial charge is 0.0287 e. The molecule has 1 nitrogen and oxygen atoms in total. The predicted octanol–water partition coefficient (Wildman–Crippen LogP) is 2.04. The van der Waals surface area contributed by atoms with Crippen molar-refractivity contribution >= 4 is 0 Å². The van der Waals surface area contributed by atoms with Crippen LogP contribution in [0.3, 0.4) is 0 Å². The third-order valence-corrected chi connectivity index (χ3v) is 2.36. The van der Waals surface area contributed by atoms with E-state index in [1.54, 1.807) is 0 Å². The summed E-state index contributed by atoms with van der Waals surface area (Å²) in [6, 6.07) is 0.567. The van der Waals surface area contributed by atoms with Crippen LogP contribution in [0, 0.1) is 5.92 Å². The Labute approximate surface area is 73.9 Å². The Kier molecular flexibility index (Phi) is 2.13. The molecule has 0 saturated carbocycles. The van der Waals surface area contributed by atoms with Gasteiger partial charge < -0.3 is 5.32 Å². The first-order chi connectivity index (χ1) is 5.90. The van der Waals surface area contributed by atoms with Crippen molar-refractivity contribution in [1.29, 1.82) is 0 Å². The molecule has 0 radical (unpaired) electrons. The highest BCUT2D eigenvalue weighted by atomic mass is 14.9. The lowest BCUT2D eigenvalue weighted by Crippen LogP contribution is -2.27. The van der Waals surface area contributed by atoms with Crippen molar-refractivity contribution in [1.82, 2.24) is 5.32 Å². The lowest BCUT2D eigenvalue weighted by Gasteiger charge is -2.16. The lowest BCUT2D eigenvalue weighted by molar-refractivity contribution is 0.614. The van der Waals surface area contributed by atoms with Crippen LogP contribution in [0.4, 0.5) is 0 Å². The second-order valence-electron chi connectivity index (χ2n) is 3.37. The maximum absolute atomic E-state index is 3.41. The summed E-state index contributed by atoms with van der Waals surface area (Å²) >= 11 is 0. The van der Waals surface area contributed by atoms with Gasteiger partial charge in [-0.25, -0.2) is 0 Å². The second kappa shape index (κ2) is 3.28. The molecule has 1 heteroatoms. The molecule has 0 spiro atoms. The zero-order valence-electron chi connectivity index (χ0n) is 7.46. The van der Waals surface area contributed by atoms with Gasteiger partial charge >= 0.3 is 0 Å². The average molecular weight is 161 g/mol. The van der Waals surface area contributed by atoms with E-state index in [0.29, 0.717) is 12.0 Å². The van der Waals surface area contributed by atoms with Gasteiger partial charge in [0.25, 0.3) is 0 Å². The average Bonchev–Trinajstić information content (AvgIpc) is 2.89. The Balaban J connectivity index is 1.88. The Hall–Kier alpha value is -0.820. The van der Waals surface area contributed by atoms with E-state index in [-0.39, 0.29) is 0 Å². The Morgan fingerprint density at radius 3 is 2.75 bits per heavy atom. The summed E-state index contributed by atoms with van der Waals surface area (Å²) in [7, 11) is 0. The fraction of sp³-hybridized carbons (Fsp3) is 0.455. The van der Waals surface area contributed by atoms with Crippen molar-refractivity contribution in [3.63, 3.8) is 0 Å². The molecule has 0 amide bonds. The topological polar surface area (TPSA) is 12.0 Å². The molecule has 2 aliphatic rings. The molecule has 2 aliphatic carbocycles. The van der Waals surface area contributed by atoms with Gasteiger partial charge in [0.1, 0.15) is 0 Å². The predicted molar refractivity (Wildman–Crippen MR) is 51.9 cm³/mol. The highest BCUT2D eigenvalue weighted by molar-refractivity contribution is 5.39. The molecule has 0 fully saturated rings. The summed E-state index contributed by atoms with van der Waals surface area (Å²) in [5, 5.41) is 3.41. The van der Waals surface area contributed by atoms with Crippen molar-refractivity contribution in [2.24, 2.45) is 5.92 Å². The molecule has 12 heavy (non-hydrogen) atoms. The van der Waals surface area contributed by atoms with Gasteiger partial charge in [-0.3, -0.25) is 0 Å². The van der Waals surface area contributed by atoms with E-state index in [9.17, 15) is 0 Å². The normalized spacial score (nSPS) is 27.4. The minimum absolute atomic E-state index is 0.567. The van der Waals surface area contributed by atoms with E-state index in [1.165, 1.54) is 5.57 Å². The quantitative estimate of drug-likeness (QED) is 0.624. The van der Waals surface area contributed by atoms with Crippen LogP contribution >= 0.6 is 0 Å². The number of allylic oxidation sites excluding steroid dienone is 4. The molecule has 1 unspecified atom stereocenters. The van der Waals surface area contributed by atoms with Gasteiger partial charge in [0.05, 0.1) is 0 Å². The molecule has 0 aromatic rings. The van der Waals surface area contributed by atoms with Gasteiger partial charge in [-0.2, -0.15) is 0 Å². The lowest BCUT2D eigenvalue weighted by atomic mass is 9.99. The zero-order chi connectivity index (χ0) is 8.39. The van der Waals surface area contributed by atoms with Crippen LogP contribution in [0.2, 0.25) is 0 Å². The van der Waals surface area contributed by atoms with Crippen molar-refractivity contribution in [3.8, 4) is 0 Å². The van der Waals surface area contributed by atoms with Crippen LogP contribution in [0.5, 0.6) is 0 Å². The molecular weight excluding hydrogens is 146 g/mol. The van der Waals surface area contributed by atoms with Gasteiger partial charge in [0, 0.05) is 12.0 Å². The highest BCUT2D eigenvalue weighted by Crippen LogP contribution is 2.29. The van der Waals surface area contributed by atoms with E-state index in [2.05, 4.69) is 42.6 Å². The highest BCUT2D eigenvalue weighted by Gasteiger charge is 2.17. The molecule has 0 aromatic heterocycles. The minimum Gasteiger partial charge on any atom is -0.310 e. The largest absolute Gasteiger partial charge is 0.310 e. The standard InChI is InChI=1S/C11H15N/c1-2-12-11-7-5-10(6-8-11)9-3-4-9/h3-7,9,11-12H,2,8H2,1H3. The Morgan fingerprint density at radius 2 is 2.25 bits per heavy atom. The summed E-state index contributed by atoms with van der Waals surface area (Å²) in [4.78, 5) is 0. The second-order valence-corrected chi connectivity index (χ2v) is 3.37. The van der Waals surface area contributed by atoms with Gasteiger partial charge in [0.15, 0.2) is 0 Å². The van der Waals surface area contributed by atoms with Crippen LogP contribution in [-0.2, 0) is 0 Å². The number of nitrogens with one attached hydrogen (secondary N) is 1. The third-order valence-electron chi connectivity index (χ3n) is 2.36. The fourth-order valence-electron chi connectivity index (χ4n) is 1.58. The van der Waals surface area contributed by atoms with Crippen LogP contribution in [-0.4, -0.2) is 12.6 Å². The van der Waals surface area contributed by atoms with E-state index in [4.69, 9.17) is 0 Å². The number of rotatable bonds is 3. The first-order valence-corrected chi connectivity index (χ1v) is 4.70. The van der Waals surface area contributed by atoms with Crippen LogP contribution in [0.15, 0.2) is 36.0 Å². The van der Waals surface area contributed by atoms with E-state index in [1.807, 2.05) is 0 Å². The number of hydrogen-bond acceptors (Lipinski definition) is 1. The van der Waals surface area contributed by atoms with Gasteiger partial charge in [0.2, 0.25) is 0 Å². The zero-order valence-corrected chi connectivity index (χ0v) is 7.46. The molecule has 2 rings (SSSR count). The maximum atomic E-state index is 3.41. The number of likely N-dealkylation sites (N-methyl/N-ethyl adjacent to an activating group) is 1. The van der Waals surface area contributed by atoms with Gasteiger partial charge in [-0.05, 0) is 18.5 Å².